The molecule has 0 saturated heterocycles. The van der Waals surface area contributed by atoms with E-state index in [0.29, 0.717) is 18.2 Å². The maximum absolute atomic E-state index is 13.6. The first-order chi connectivity index (χ1) is 9.63. The minimum Gasteiger partial charge on any atom is -0.349 e. The van der Waals surface area contributed by atoms with Crippen LogP contribution in [0.3, 0.4) is 0 Å². The Morgan fingerprint density at radius 3 is 2.70 bits per heavy atom. The Labute approximate surface area is 118 Å². The highest BCUT2D eigenvalue weighted by molar-refractivity contribution is 5.21. The molecule has 1 aromatic heterocycles. The molecule has 1 N–H and O–H groups in total. The van der Waals surface area contributed by atoms with Gasteiger partial charge in [0.05, 0.1) is 0 Å². The molecule has 1 aromatic carbocycles. The topological polar surface area (TPSA) is 17.0 Å². The van der Waals surface area contributed by atoms with Gasteiger partial charge in [0.15, 0.2) is 0 Å². The summed E-state index contributed by atoms with van der Waals surface area (Å²) in [7, 11) is 0. The fourth-order valence-electron chi connectivity index (χ4n) is 2.37. The van der Waals surface area contributed by atoms with Crippen LogP contribution >= 0.6 is 0 Å². The second kappa shape index (κ2) is 6.66. The number of benzene rings is 1. The molecule has 2 rings (SSSR count). The van der Waals surface area contributed by atoms with Crippen molar-refractivity contribution < 1.29 is 8.78 Å². The Kier molecular flexibility index (Phi) is 4.90. The molecule has 0 saturated carbocycles. The van der Waals surface area contributed by atoms with Crippen molar-refractivity contribution in [3.05, 3.63) is 59.4 Å². The molecule has 2 aromatic rings. The Bertz CT molecular complexity index is 563. The molecule has 0 bridgehead atoms. The number of aromatic nitrogens is 1. The van der Waals surface area contributed by atoms with E-state index in [1.54, 1.807) is 0 Å². The maximum Gasteiger partial charge on any atom is 0.128 e. The second-order valence-corrected chi connectivity index (χ2v) is 4.87. The third-order valence-corrected chi connectivity index (χ3v) is 3.40. The molecule has 1 heterocycles. The van der Waals surface area contributed by atoms with Crippen LogP contribution in [0.15, 0.2) is 36.7 Å². The monoisotopic (exact) mass is 278 g/mol. The van der Waals surface area contributed by atoms with Gasteiger partial charge in [-0.1, -0.05) is 13.8 Å². The third kappa shape index (κ3) is 3.45. The maximum atomic E-state index is 13.6. The van der Waals surface area contributed by atoms with Crippen LogP contribution in [0.1, 0.15) is 37.4 Å². The molecular weight excluding hydrogens is 258 g/mol. The third-order valence-electron chi connectivity index (χ3n) is 3.40. The summed E-state index contributed by atoms with van der Waals surface area (Å²) in [5.41, 5.74) is 1.54. The van der Waals surface area contributed by atoms with Crippen molar-refractivity contribution in [2.24, 2.45) is 0 Å². The van der Waals surface area contributed by atoms with Gasteiger partial charge in [-0.3, -0.25) is 0 Å². The Balaban J connectivity index is 2.14. The predicted octanol–water partition coefficient (Wildman–Crippen LogP) is 3.88. The highest BCUT2D eigenvalue weighted by Gasteiger charge is 2.10. The average Bonchev–Trinajstić information content (AvgIpc) is 2.88. The molecular formula is C16H20F2N2. The summed E-state index contributed by atoms with van der Waals surface area (Å²) in [6, 6.07) is 5.88. The summed E-state index contributed by atoms with van der Waals surface area (Å²) in [6.07, 6.45) is 4.88. The van der Waals surface area contributed by atoms with Crippen LogP contribution in [-0.4, -0.2) is 11.1 Å². The zero-order valence-electron chi connectivity index (χ0n) is 11.9. The van der Waals surface area contributed by atoms with E-state index in [2.05, 4.69) is 19.2 Å². The van der Waals surface area contributed by atoms with Gasteiger partial charge in [0.2, 0.25) is 0 Å². The number of nitrogens with zero attached hydrogens (tertiary/aromatic N) is 1. The number of halogens is 2. The van der Waals surface area contributed by atoms with E-state index in [1.807, 2.05) is 23.0 Å². The van der Waals surface area contributed by atoms with Gasteiger partial charge in [0, 0.05) is 30.5 Å². The lowest BCUT2D eigenvalue weighted by molar-refractivity contribution is 0.536. The van der Waals surface area contributed by atoms with E-state index in [9.17, 15) is 8.78 Å². The van der Waals surface area contributed by atoms with Gasteiger partial charge < -0.3 is 9.88 Å². The van der Waals surface area contributed by atoms with Crippen molar-refractivity contribution in [3.63, 3.8) is 0 Å². The summed E-state index contributed by atoms with van der Waals surface area (Å²) in [6.45, 7) is 5.44. The minimum absolute atomic E-state index is 0.304. The van der Waals surface area contributed by atoms with E-state index in [-0.39, 0.29) is 5.82 Å². The van der Waals surface area contributed by atoms with Gasteiger partial charge in [-0.15, -0.1) is 0 Å². The summed E-state index contributed by atoms with van der Waals surface area (Å²) in [4.78, 5) is 0. The van der Waals surface area contributed by atoms with E-state index in [4.69, 9.17) is 0 Å². The zero-order valence-corrected chi connectivity index (χ0v) is 11.9. The van der Waals surface area contributed by atoms with Gasteiger partial charge in [0.1, 0.15) is 11.6 Å². The number of rotatable bonds is 6. The number of hydrogen-bond acceptors (Lipinski definition) is 1. The van der Waals surface area contributed by atoms with Crippen LogP contribution < -0.4 is 5.32 Å². The van der Waals surface area contributed by atoms with Crippen molar-refractivity contribution in [1.82, 2.24) is 9.88 Å². The Morgan fingerprint density at radius 1 is 1.20 bits per heavy atom. The first-order valence-electron chi connectivity index (χ1n) is 6.97. The first-order valence-corrected chi connectivity index (χ1v) is 6.97. The SMILES string of the molecule is CCNC(CC)c1ccn(Cc2cc(F)ccc2F)c1. The van der Waals surface area contributed by atoms with E-state index < -0.39 is 5.82 Å². The van der Waals surface area contributed by atoms with Gasteiger partial charge >= 0.3 is 0 Å². The molecule has 2 nitrogen and oxygen atoms in total. The lowest BCUT2D eigenvalue weighted by Crippen LogP contribution is -2.19. The summed E-state index contributed by atoms with van der Waals surface area (Å²) < 4.78 is 28.6. The van der Waals surface area contributed by atoms with Crippen LogP contribution in [-0.2, 0) is 6.54 Å². The lowest BCUT2D eigenvalue weighted by Gasteiger charge is -2.14. The van der Waals surface area contributed by atoms with Gasteiger partial charge in [-0.05, 0) is 42.8 Å². The minimum atomic E-state index is -0.409. The fourth-order valence-corrected chi connectivity index (χ4v) is 2.37. The second-order valence-electron chi connectivity index (χ2n) is 4.87. The summed E-state index contributed by atoms with van der Waals surface area (Å²) in [5, 5.41) is 3.40. The number of nitrogens with one attached hydrogen (secondary N) is 1. The largest absolute Gasteiger partial charge is 0.349 e. The summed E-state index contributed by atoms with van der Waals surface area (Å²) in [5.74, 6) is -0.784. The van der Waals surface area contributed by atoms with E-state index in [1.165, 1.54) is 17.7 Å². The summed E-state index contributed by atoms with van der Waals surface area (Å²) >= 11 is 0. The Hall–Kier alpha value is -1.68. The molecule has 0 aliphatic carbocycles. The zero-order chi connectivity index (χ0) is 14.5. The highest BCUT2D eigenvalue weighted by Crippen LogP contribution is 2.18. The number of hydrogen-bond donors (Lipinski definition) is 1. The highest BCUT2D eigenvalue weighted by atomic mass is 19.1. The molecule has 0 spiro atoms. The average molecular weight is 278 g/mol. The molecule has 108 valence electrons. The van der Waals surface area contributed by atoms with Crippen LogP contribution in [0.2, 0.25) is 0 Å². The molecule has 0 aliphatic rings. The first kappa shape index (κ1) is 14.7. The molecule has 0 amide bonds. The molecule has 0 aliphatic heterocycles. The quantitative estimate of drug-likeness (QED) is 0.848. The molecule has 20 heavy (non-hydrogen) atoms. The molecule has 0 radical (unpaired) electrons. The van der Waals surface area contributed by atoms with Crippen molar-refractivity contribution in [2.75, 3.05) is 6.54 Å². The molecule has 4 heteroatoms. The van der Waals surface area contributed by atoms with Crippen molar-refractivity contribution in [3.8, 4) is 0 Å². The van der Waals surface area contributed by atoms with Crippen LogP contribution in [0.5, 0.6) is 0 Å². The van der Waals surface area contributed by atoms with Crippen LogP contribution in [0.25, 0.3) is 0 Å². The normalized spacial score (nSPS) is 12.6. The molecule has 1 unspecified atom stereocenters. The Morgan fingerprint density at radius 2 is 2.00 bits per heavy atom. The standard InChI is InChI=1S/C16H20F2N2/c1-3-16(19-4-2)12-7-8-20(10-12)11-13-9-14(17)5-6-15(13)18/h5-10,16,19H,3-4,11H2,1-2H3. The lowest BCUT2D eigenvalue weighted by atomic mass is 10.1. The molecule has 1 atom stereocenters. The molecule has 0 fully saturated rings. The smallest absolute Gasteiger partial charge is 0.128 e. The van der Waals surface area contributed by atoms with Crippen molar-refractivity contribution in [1.29, 1.82) is 0 Å². The van der Waals surface area contributed by atoms with Crippen molar-refractivity contribution in [2.45, 2.75) is 32.9 Å². The van der Waals surface area contributed by atoms with Crippen molar-refractivity contribution >= 4 is 0 Å². The fraction of sp³-hybridized carbons (Fsp3) is 0.375. The van der Waals surface area contributed by atoms with Gasteiger partial charge in [0.25, 0.3) is 0 Å². The predicted molar refractivity (Wildman–Crippen MR) is 76.6 cm³/mol. The van der Waals surface area contributed by atoms with E-state index >= 15 is 0 Å². The van der Waals surface area contributed by atoms with Gasteiger partial charge in [-0.2, -0.15) is 0 Å². The van der Waals surface area contributed by atoms with Crippen LogP contribution in [0, 0.1) is 11.6 Å². The van der Waals surface area contributed by atoms with E-state index in [0.717, 1.165) is 19.0 Å². The van der Waals surface area contributed by atoms with Gasteiger partial charge in [-0.25, -0.2) is 8.78 Å². The van der Waals surface area contributed by atoms with Crippen LogP contribution in [0.4, 0.5) is 8.78 Å².